The zero-order valence-electron chi connectivity index (χ0n) is 18.3. The predicted molar refractivity (Wildman–Crippen MR) is 122 cm³/mol. The number of ether oxygens (including phenoxy) is 2. The standard InChI is InChI=1S/C24H35BrN2O3/c1-17(2)29-21-5-6-23(25)20(14-21)13-18-7-10-26(11-8-18)12-9-22-16-27(24(28)30-22)15-19-3-4-19/h5-6,14,17-19,22H,3-4,7-13,15-16H2,1-2H3. The van der Waals surface area contributed by atoms with E-state index in [1.54, 1.807) is 0 Å². The molecule has 0 bridgehead atoms. The molecule has 166 valence electrons. The van der Waals surface area contributed by atoms with E-state index >= 15 is 0 Å². The lowest BCUT2D eigenvalue weighted by atomic mass is 9.90. The van der Waals surface area contributed by atoms with Crippen LogP contribution in [0.1, 0.15) is 51.5 Å². The fourth-order valence-corrected chi connectivity index (χ4v) is 5.00. The number of amides is 1. The lowest BCUT2D eigenvalue weighted by Crippen LogP contribution is -2.36. The fraction of sp³-hybridized carbons (Fsp3) is 0.708. The van der Waals surface area contributed by atoms with Crippen LogP contribution in [0.4, 0.5) is 4.79 Å². The molecule has 1 saturated carbocycles. The van der Waals surface area contributed by atoms with Crippen LogP contribution < -0.4 is 4.74 Å². The maximum atomic E-state index is 12.0. The number of rotatable bonds is 9. The summed E-state index contributed by atoms with van der Waals surface area (Å²) in [5, 5.41) is 0. The maximum Gasteiger partial charge on any atom is 0.410 e. The molecule has 2 aliphatic heterocycles. The molecule has 3 fully saturated rings. The molecular weight excluding hydrogens is 444 g/mol. The Morgan fingerprint density at radius 3 is 2.63 bits per heavy atom. The highest BCUT2D eigenvalue weighted by Gasteiger charge is 2.35. The van der Waals surface area contributed by atoms with Gasteiger partial charge < -0.3 is 19.3 Å². The van der Waals surface area contributed by atoms with Gasteiger partial charge in [0.15, 0.2) is 0 Å². The van der Waals surface area contributed by atoms with Gasteiger partial charge in [0.2, 0.25) is 0 Å². The number of hydrogen-bond donors (Lipinski definition) is 0. The second kappa shape index (κ2) is 9.90. The monoisotopic (exact) mass is 478 g/mol. The zero-order chi connectivity index (χ0) is 21.1. The molecule has 2 heterocycles. The third-order valence-corrected chi connectivity index (χ3v) is 7.27. The molecule has 1 unspecified atom stereocenters. The van der Waals surface area contributed by atoms with E-state index in [0.717, 1.165) is 57.2 Å². The Hall–Kier alpha value is -1.27. The van der Waals surface area contributed by atoms with Gasteiger partial charge in [0.25, 0.3) is 0 Å². The van der Waals surface area contributed by atoms with Crippen LogP contribution in [0.2, 0.25) is 0 Å². The van der Waals surface area contributed by atoms with E-state index in [1.165, 1.54) is 35.7 Å². The second-order valence-electron chi connectivity index (χ2n) is 9.55. The highest BCUT2D eigenvalue weighted by atomic mass is 79.9. The third kappa shape index (κ3) is 6.13. The van der Waals surface area contributed by atoms with Gasteiger partial charge in [-0.1, -0.05) is 15.9 Å². The normalized spacial score (nSPS) is 23.3. The van der Waals surface area contributed by atoms with E-state index < -0.39 is 0 Å². The molecule has 2 saturated heterocycles. The Morgan fingerprint density at radius 2 is 1.93 bits per heavy atom. The van der Waals surface area contributed by atoms with Crippen LogP contribution in [0.25, 0.3) is 0 Å². The van der Waals surface area contributed by atoms with Crippen LogP contribution in [-0.4, -0.2) is 60.8 Å². The molecule has 6 heteroatoms. The van der Waals surface area contributed by atoms with Crippen molar-refractivity contribution in [3.05, 3.63) is 28.2 Å². The van der Waals surface area contributed by atoms with Gasteiger partial charge in [-0.05, 0) is 101 Å². The molecule has 0 aromatic heterocycles. The number of hydrogen-bond acceptors (Lipinski definition) is 4. The molecule has 0 radical (unpaired) electrons. The summed E-state index contributed by atoms with van der Waals surface area (Å²) in [6.07, 6.45) is 7.22. The minimum atomic E-state index is -0.0974. The first-order valence-corrected chi connectivity index (χ1v) is 12.4. The molecule has 1 atom stereocenters. The van der Waals surface area contributed by atoms with E-state index in [2.05, 4.69) is 46.8 Å². The topological polar surface area (TPSA) is 42.0 Å². The van der Waals surface area contributed by atoms with Crippen molar-refractivity contribution in [2.24, 2.45) is 11.8 Å². The summed E-state index contributed by atoms with van der Waals surface area (Å²) in [5.74, 6) is 2.40. The summed E-state index contributed by atoms with van der Waals surface area (Å²) in [4.78, 5) is 16.5. The number of cyclic esters (lactones) is 1. The molecule has 0 N–H and O–H groups in total. The van der Waals surface area contributed by atoms with Crippen LogP contribution in [0.3, 0.4) is 0 Å². The van der Waals surface area contributed by atoms with Gasteiger partial charge in [0.05, 0.1) is 12.6 Å². The van der Waals surface area contributed by atoms with E-state index in [9.17, 15) is 4.79 Å². The summed E-state index contributed by atoms with van der Waals surface area (Å²) in [6.45, 7) is 9.12. The molecule has 3 aliphatic rings. The van der Waals surface area contributed by atoms with Gasteiger partial charge in [-0.3, -0.25) is 0 Å². The van der Waals surface area contributed by atoms with Crippen LogP contribution in [0, 0.1) is 11.8 Å². The number of likely N-dealkylation sites (tertiary alicyclic amines) is 1. The predicted octanol–water partition coefficient (Wildman–Crippen LogP) is 5.11. The number of carbonyl (C=O) groups is 1. The van der Waals surface area contributed by atoms with E-state index in [1.807, 2.05) is 11.0 Å². The van der Waals surface area contributed by atoms with Crippen LogP contribution in [-0.2, 0) is 11.2 Å². The molecule has 5 nitrogen and oxygen atoms in total. The highest BCUT2D eigenvalue weighted by Crippen LogP contribution is 2.32. The van der Waals surface area contributed by atoms with Crippen LogP contribution in [0.5, 0.6) is 5.75 Å². The lowest BCUT2D eigenvalue weighted by molar-refractivity contribution is 0.113. The van der Waals surface area contributed by atoms with Crippen molar-refractivity contribution in [2.45, 2.75) is 64.6 Å². The van der Waals surface area contributed by atoms with E-state index in [0.29, 0.717) is 5.92 Å². The Bertz CT molecular complexity index is 729. The lowest BCUT2D eigenvalue weighted by Gasteiger charge is -2.32. The molecule has 0 spiro atoms. The average molecular weight is 479 g/mol. The molecule has 1 aliphatic carbocycles. The minimum Gasteiger partial charge on any atom is -0.491 e. The van der Waals surface area contributed by atoms with Crippen molar-refractivity contribution in [3.8, 4) is 5.75 Å². The Morgan fingerprint density at radius 1 is 1.17 bits per heavy atom. The van der Waals surface area contributed by atoms with Crippen LogP contribution >= 0.6 is 15.9 Å². The van der Waals surface area contributed by atoms with Gasteiger partial charge in [-0.15, -0.1) is 0 Å². The molecule has 1 aromatic carbocycles. The molecule has 1 aromatic rings. The Kier molecular flexibility index (Phi) is 7.24. The summed E-state index contributed by atoms with van der Waals surface area (Å²) in [5.41, 5.74) is 1.35. The Labute approximate surface area is 189 Å². The molecular formula is C24H35BrN2O3. The van der Waals surface area contributed by atoms with Gasteiger partial charge >= 0.3 is 6.09 Å². The molecule has 1 amide bonds. The van der Waals surface area contributed by atoms with Crippen molar-refractivity contribution < 1.29 is 14.3 Å². The van der Waals surface area contributed by atoms with Crippen molar-refractivity contribution in [1.82, 2.24) is 9.80 Å². The first kappa shape index (κ1) is 21.9. The zero-order valence-corrected chi connectivity index (χ0v) is 19.9. The van der Waals surface area contributed by atoms with Crippen molar-refractivity contribution in [2.75, 3.05) is 32.7 Å². The minimum absolute atomic E-state index is 0.0774. The molecule has 4 rings (SSSR count). The largest absolute Gasteiger partial charge is 0.491 e. The van der Waals surface area contributed by atoms with Gasteiger partial charge in [-0.25, -0.2) is 4.79 Å². The van der Waals surface area contributed by atoms with Gasteiger partial charge in [-0.2, -0.15) is 0 Å². The second-order valence-corrected chi connectivity index (χ2v) is 10.4. The third-order valence-electron chi connectivity index (χ3n) is 6.50. The van der Waals surface area contributed by atoms with Gasteiger partial charge in [0.1, 0.15) is 11.9 Å². The van der Waals surface area contributed by atoms with Crippen molar-refractivity contribution in [1.29, 1.82) is 0 Å². The average Bonchev–Trinajstić information content (AvgIpc) is 3.46. The Balaban J connectivity index is 1.19. The quantitative estimate of drug-likeness (QED) is 0.494. The highest BCUT2D eigenvalue weighted by molar-refractivity contribution is 9.10. The van der Waals surface area contributed by atoms with Gasteiger partial charge in [0, 0.05) is 17.6 Å². The first-order valence-electron chi connectivity index (χ1n) is 11.6. The smallest absolute Gasteiger partial charge is 0.410 e. The molecule has 30 heavy (non-hydrogen) atoms. The summed E-state index contributed by atoms with van der Waals surface area (Å²) in [6, 6.07) is 6.34. The summed E-state index contributed by atoms with van der Waals surface area (Å²) in [7, 11) is 0. The summed E-state index contributed by atoms with van der Waals surface area (Å²) >= 11 is 3.71. The number of benzene rings is 1. The summed E-state index contributed by atoms with van der Waals surface area (Å²) < 4.78 is 12.6. The number of nitrogens with zero attached hydrogens (tertiary/aromatic N) is 2. The van der Waals surface area contributed by atoms with E-state index in [-0.39, 0.29) is 18.3 Å². The first-order chi connectivity index (χ1) is 14.5. The van der Waals surface area contributed by atoms with Crippen molar-refractivity contribution >= 4 is 22.0 Å². The number of carbonyl (C=O) groups excluding carboxylic acids is 1. The SMILES string of the molecule is CC(C)Oc1ccc(Br)c(CC2CCN(CCC3CN(CC4CC4)C(=O)O3)CC2)c1. The maximum absolute atomic E-state index is 12.0. The van der Waals surface area contributed by atoms with Crippen LogP contribution in [0.15, 0.2) is 22.7 Å². The fourth-order valence-electron chi connectivity index (χ4n) is 4.59. The van der Waals surface area contributed by atoms with Crippen molar-refractivity contribution in [3.63, 3.8) is 0 Å². The number of halogens is 1. The van der Waals surface area contributed by atoms with E-state index in [4.69, 9.17) is 9.47 Å². The number of piperidine rings is 1.